The van der Waals surface area contributed by atoms with Gasteiger partial charge in [-0.15, -0.1) is 0 Å². The molecule has 0 spiro atoms. The van der Waals surface area contributed by atoms with Crippen molar-refractivity contribution in [2.45, 2.75) is 19.0 Å². The van der Waals surface area contributed by atoms with Crippen molar-refractivity contribution in [2.24, 2.45) is 0 Å². The molecule has 0 aliphatic heterocycles. The van der Waals surface area contributed by atoms with Crippen molar-refractivity contribution in [2.75, 3.05) is 0 Å². The minimum absolute atomic E-state index is 0.0636. The van der Waals surface area contributed by atoms with E-state index < -0.39 is 0 Å². The summed E-state index contributed by atoms with van der Waals surface area (Å²) in [5.74, 6) is -0.293. The van der Waals surface area contributed by atoms with E-state index >= 15 is 0 Å². The van der Waals surface area contributed by atoms with Gasteiger partial charge in [-0.1, -0.05) is 60.7 Å². The molecular weight excluding hydrogens is 311 g/mol. The predicted octanol–water partition coefficient (Wildman–Crippen LogP) is 4.77. The number of hydrogen-bond acceptors (Lipinski definition) is 2. The van der Waals surface area contributed by atoms with E-state index in [4.69, 9.17) is 5.26 Å². The third-order valence-electron chi connectivity index (χ3n) is 4.20. The molecule has 3 aromatic rings. The second-order valence-electron chi connectivity index (χ2n) is 5.95. The molecule has 25 heavy (non-hydrogen) atoms. The van der Waals surface area contributed by atoms with Crippen LogP contribution < -0.4 is 5.32 Å². The first-order chi connectivity index (χ1) is 12.3. The average Bonchev–Trinajstić information content (AvgIpc) is 2.67. The smallest absolute Gasteiger partial charge is 0.127 e. The van der Waals surface area contributed by atoms with Crippen molar-refractivity contribution in [3.8, 4) is 6.07 Å². The summed E-state index contributed by atoms with van der Waals surface area (Å²) in [7, 11) is 0. The third kappa shape index (κ3) is 4.53. The van der Waals surface area contributed by atoms with Crippen LogP contribution in [0.3, 0.4) is 0 Å². The lowest BCUT2D eigenvalue weighted by Crippen LogP contribution is -2.23. The largest absolute Gasteiger partial charge is 0.305 e. The van der Waals surface area contributed by atoms with E-state index in [0.29, 0.717) is 17.7 Å². The van der Waals surface area contributed by atoms with E-state index in [1.54, 1.807) is 6.07 Å². The molecule has 3 heteroatoms. The lowest BCUT2D eigenvalue weighted by atomic mass is 9.98. The fourth-order valence-electron chi connectivity index (χ4n) is 2.86. The van der Waals surface area contributed by atoms with Gasteiger partial charge in [0.05, 0.1) is 11.6 Å². The molecule has 0 fully saturated rings. The molecule has 0 aromatic heterocycles. The lowest BCUT2D eigenvalue weighted by Gasteiger charge is -2.20. The van der Waals surface area contributed by atoms with Crippen LogP contribution in [0.4, 0.5) is 4.39 Å². The van der Waals surface area contributed by atoms with Crippen molar-refractivity contribution in [1.82, 2.24) is 5.32 Å². The van der Waals surface area contributed by atoms with Gasteiger partial charge in [0.25, 0.3) is 0 Å². The van der Waals surface area contributed by atoms with Gasteiger partial charge in [-0.25, -0.2) is 4.39 Å². The number of benzene rings is 3. The third-order valence-corrected chi connectivity index (χ3v) is 4.20. The first-order valence-corrected chi connectivity index (χ1v) is 8.27. The van der Waals surface area contributed by atoms with Crippen LogP contribution in [0, 0.1) is 17.1 Å². The van der Waals surface area contributed by atoms with Gasteiger partial charge in [-0.05, 0) is 35.7 Å². The Morgan fingerprint density at radius 1 is 0.920 bits per heavy atom. The van der Waals surface area contributed by atoms with Gasteiger partial charge in [-0.2, -0.15) is 5.26 Å². The van der Waals surface area contributed by atoms with E-state index in [2.05, 4.69) is 35.7 Å². The maximum Gasteiger partial charge on any atom is 0.127 e. The van der Waals surface area contributed by atoms with Gasteiger partial charge in [0.15, 0.2) is 0 Å². The lowest BCUT2D eigenvalue weighted by molar-refractivity contribution is 0.513. The van der Waals surface area contributed by atoms with Gasteiger partial charge < -0.3 is 5.32 Å². The average molecular weight is 330 g/mol. The maximum atomic E-state index is 14.0. The number of rotatable bonds is 6. The van der Waals surface area contributed by atoms with E-state index in [1.165, 1.54) is 17.7 Å². The van der Waals surface area contributed by atoms with Crippen LogP contribution in [0.25, 0.3) is 0 Å². The molecule has 0 saturated carbocycles. The molecule has 0 heterocycles. The van der Waals surface area contributed by atoms with Crippen molar-refractivity contribution < 1.29 is 4.39 Å². The Balaban J connectivity index is 1.80. The molecule has 0 saturated heterocycles. The molecule has 3 rings (SSSR count). The van der Waals surface area contributed by atoms with Crippen molar-refractivity contribution >= 4 is 0 Å². The summed E-state index contributed by atoms with van der Waals surface area (Å²) in [6.07, 6.45) is 0.810. The zero-order valence-corrected chi connectivity index (χ0v) is 13.8. The van der Waals surface area contributed by atoms with E-state index in [9.17, 15) is 4.39 Å². The molecular formula is C22H19FN2. The molecule has 1 N–H and O–H groups in total. The van der Waals surface area contributed by atoms with Crippen LogP contribution in [0.15, 0.2) is 78.9 Å². The normalized spacial score (nSPS) is 11.7. The minimum Gasteiger partial charge on any atom is -0.305 e. The topological polar surface area (TPSA) is 35.8 Å². The highest BCUT2D eigenvalue weighted by molar-refractivity contribution is 5.34. The maximum absolute atomic E-state index is 14.0. The summed E-state index contributed by atoms with van der Waals surface area (Å²) in [6, 6.07) is 26.9. The summed E-state index contributed by atoms with van der Waals surface area (Å²) in [6.45, 7) is 0.369. The quantitative estimate of drug-likeness (QED) is 0.706. The Labute approximate surface area is 147 Å². The second-order valence-corrected chi connectivity index (χ2v) is 5.95. The number of nitrogens with zero attached hydrogens (tertiary/aromatic N) is 1. The van der Waals surface area contributed by atoms with E-state index in [-0.39, 0.29) is 11.9 Å². The summed E-state index contributed by atoms with van der Waals surface area (Å²) in [5.41, 5.74) is 3.35. The Hall–Kier alpha value is -2.96. The van der Waals surface area contributed by atoms with E-state index in [0.717, 1.165) is 12.0 Å². The van der Waals surface area contributed by atoms with Gasteiger partial charge in [0, 0.05) is 18.2 Å². The van der Waals surface area contributed by atoms with Gasteiger partial charge >= 0.3 is 0 Å². The Morgan fingerprint density at radius 2 is 1.60 bits per heavy atom. The first-order valence-electron chi connectivity index (χ1n) is 8.27. The summed E-state index contributed by atoms with van der Waals surface area (Å²) < 4.78 is 14.0. The van der Waals surface area contributed by atoms with Crippen molar-refractivity contribution in [3.63, 3.8) is 0 Å². The zero-order valence-electron chi connectivity index (χ0n) is 13.8. The van der Waals surface area contributed by atoms with Crippen LogP contribution in [-0.2, 0) is 13.0 Å². The Morgan fingerprint density at radius 3 is 2.28 bits per heavy atom. The van der Waals surface area contributed by atoms with Crippen molar-refractivity contribution in [1.29, 1.82) is 5.26 Å². The number of nitrogens with one attached hydrogen (secondary N) is 1. The Bertz CT molecular complexity index is 854. The molecule has 0 aliphatic rings. The summed E-state index contributed by atoms with van der Waals surface area (Å²) >= 11 is 0. The monoisotopic (exact) mass is 330 g/mol. The van der Waals surface area contributed by atoms with Crippen LogP contribution in [0.2, 0.25) is 0 Å². The van der Waals surface area contributed by atoms with Crippen LogP contribution >= 0.6 is 0 Å². The Kier molecular flexibility index (Phi) is 5.56. The molecule has 0 radical (unpaired) electrons. The van der Waals surface area contributed by atoms with E-state index in [1.807, 2.05) is 36.4 Å². The second kappa shape index (κ2) is 8.23. The molecule has 124 valence electrons. The molecule has 0 bridgehead atoms. The SMILES string of the molecule is N#Cc1ccc(F)c(CN[C@@H](Cc2ccccc2)c2ccccc2)c1. The number of hydrogen-bond donors (Lipinski definition) is 1. The summed E-state index contributed by atoms with van der Waals surface area (Å²) in [4.78, 5) is 0. The summed E-state index contributed by atoms with van der Waals surface area (Å²) in [5, 5.41) is 12.5. The predicted molar refractivity (Wildman–Crippen MR) is 97.3 cm³/mol. The van der Waals surface area contributed by atoms with Gasteiger partial charge in [0.1, 0.15) is 5.82 Å². The zero-order chi connectivity index (χ0) is 17.5. The fraction of sp³-hybridized carbons (Fsp3) is 0.136. The highest BCUT2D eigenvalue weighted by Crippen LogP contribution is 2.20. The fourth-order valence-corrected chi connectivity index (χ4v) is 2.86. The van der Waals surface area contributed by atoms with Gasteiger partial charge in [0.2, 0.25) is 0 Å². The molecule has 0 amide bonds. The van der Waals surface area contributed by atoms with Crippen LogP contribution in [-0.4, -0.2) is 0 Å². The molecule has 3 aromatic carbocycles. The van der Waals surface area contributed by atoms with Crippen LogP contribution in [0.5, 0.6) is 0 Å². The molecule has 0 aliphatic carbocycles. The van der Waals surface area contributed by atoms with Gasteiger partial charge in [-0.3, -0.25) is 0 Å². The number of nitriles is 1. The molecule has 1 atom stereocenters. The number of halogens is 1. The molecule has 2 nitrogen and oxygen atoms in total. The highest BCUT2D eigenvalue weighted by atomic mass is 19.1. The highest BCUT2D eigenvalue weighted by Gasteiger charge is 2.13. The minimum atomic E-state index is -0.293. The molecule has 0 unspecified atom stereocenters. The first kappa shape index (κ1) is 16.9. The van der Waals surface area contributed by atoms with Crippen molar-refractivity contribution in [3.05, 3.63) is 107 Å². The van der Waals surface area contributed by atoms with Crippen LogP contribution in [0.1, 0.15) is 28.3 Å². The standard InChI is InChI=1S/C22H19FN2/c23-21-12-11-18(15-24)13-20(21)16-25-22(19-9-5-2-6-10-19)14-17-7-3-1-4-8-17/h1-13,22,25H,14,16H2/t22-/m0/s1.